The van der Waals surface area contributed by atoms with Gasteiger partial charge in [0.1, 0.15) is 11.5 Å². The second kappa shape index (κ2) is 7.51. The minimum Gasteiger partial charge on any atom is -0.467 e. The van der Waals surface area contributed by atoms with E-state index in [-0.39, 0.29) is 24.0 Å². The van der Waals surface area contributed by atoms with Crippen molar-refractivity contribution < 1.29 is 17.8 Å². The van der Waals surface area contributed by atoms with Gasteiger partial charge < -0.3 is 14.2 Å². The number of carbonyl (C=O) groups excluding carboxylic acids is 1. The molecular weight excluding hydrogens is 350 g/mol. The van der Waals surface area contributed by atoms with E-state index in [2.05, 4.69) is 5.32 Å². The lowest BCUT2D eigenvalue weighted by molar-refractivity contribution is 0.0919. The Morgan fingerprint density at radius 2 is 2.00 bits per heavy atom. The minimum atomic E-state index is -1.30. The molecular formula is C17H14ClNO4S. The number of benzene rings is 1. The number of rotatable bonds is 6. The third-order valence-electron chi connectivity index (χ3n) is 3.22. The van der Waals surface area contributed by atoms with Crippen molar-refractivity contribution in [3.05, 3.63) is 77.1 Å². The van der Waals surface area contributed by atoms with Gasteiger partial charge in [0.05, 0.1) is 29.4 Å². The van der Waals surface area contributed by atoms with Crippen molar-refractivity contribution in [2.45, 2.75) is 17.2 Å². The van der Waals surface area contributed by atoms with Crippen LogP contribution in [0.2, 0.25) is 5.02 Å². The molecule has 0 aliphatic heterocycles. The third-order valence-corrected chi connectivity index (χ3v) is 4.78. The maximum atomic E-state index is 12.3. The number of halogens is 1. The van der Waals surface area contributed by atoms with Crippen LogP contribution in [0, 0.1) is 0 Å². The first kappa shape index (κ1) is 16.5. The summed E-state index contributed by atoms with van der Waals surface area (Å²) in [6.45, 7) is 0.274. The molecule has 0 saturated heterocycles. The largest absolute Gasteiger partial charge is 0.467 e. The summed E-state index contributed by atoms with van der Waals surface area (Å²) in [7, 11) is -1.30. The Hall–Kier alpha value is -2.31. The first-order valence-electron chi connectivity index (χ1n) is 7.15. The van der Waals surface area contributed by atoms with Gasteiger partial charge in [0.25, 0.3) is 5.91 Å². The van der Waals surface area contributed by atoms with Crippen molar-refractivity contribution >= 4 is 28.3 Å². The summed E-state index contributed by atoms with van der Waals surface area (Å²) in [6, 6.07) is 13.6. The van der Waals surface area contributed by atoms with Gasteiger partial charge in [0, 0.05) is 9.92 Å². The molecule has 0 aliphatic rings. The molecule has 0 radical (unpaired) electrons. The lowest BCUT2D eigenvalue weighted by atomic mass is 10.4. The van der Waals surface area contributed by atoms with E-state index in [0.29, 0.717) is 21.4 Å². The maximum Gasteiger partial charge on any atom is 0.287 e. The molecule has 0 aliphatic carbocycles. The van der Waals surface area contributed by atoms with Gasteiger partial charge in [0.15, 0.2) is 5.76 Å². The van der Waals surface area contributed by atoms with Crippen LogP contribution in [0.5, 0.6) is 0 Å². The standard InChI is InChI=1S/C17H14ClNO4S/c18-12-3-1-5-15(9-12)24(21)11-14-6-7-16(23-14)17(20)19-10-13-4-2-8-22-13/h1-9H,10-11H2,(H,19,20)/t24-/m0/s1. The van der Waals surface area contributed by atoms with Crippen molar-refractivity contribution in [1.82, 2.24) is 5.32 Å². The molecule has 1 atom stereocenters. The van der Waals surface area contributed by atoms with E-state index in [1.165, 1.54) is 6.26 Å². The van der Waals surface area contributed by atoms with Crippen LogP contribution < -0.4 is 5.32 Å². The summed E-state index contributed by atoms with van der Waals surface area (Å²) < 4.78 is 22.9. The Labute approximate surface area is 146 Å². The molecule has 0 fully saturated rings. The lowest BCUT2D eigenvalue weighted by Gasteiger charge is -2.02. The van der Waals surface area contributed by atoms with Crippen LogP contribution in [-0.4, -0.2) is 10.1 Å². The van der Waals surface area contributed by atoms with Crippen LogP contribution in [0.1, 0.15) is 22.1 Å². The van der Waals surface area contributed by atoms with Crippen molar-refractivity contribution in [1.29, 1.82) is 0 Å². The van der Waals surface area contributed by atoms with Crippen molar-refractivity contribution in [2.24, 2.45) is 0 Å². The smallest absolute Gasteiger partial charge is 0.287 e. The third kappa shape index (κ3) is 4.15. The minimum absolute atomic E-state index is 0.166. The molecule has 2 aromatic heterocycles. The SMILES string of the molecule is O=C(NCc1ccco1)c1ccc(C[S@](=O)c2cccc(Cl)c2)o1. The molecule has 7 heteroatoms. The van der Waals surface area contributed by atoms with E-state index >= 15 is 0 Å². The average Bonchev–Trinajstić information content (AvgIpc) is 3.24. The highest BCUT2D eigenvalue weighted by atomic mass is 35.5. The van der Waals surface area contributed by atoms with Gasteiger partial charge in [-0.25, -0.2) is 0 Å². The molecule has 3 rings (SSSR count). The predicted octanol–water partition coefficient (Wildman–Crippen LogP) is 3.76. The van der Waals surface area contributed by atoms with Gasteiger partial charge >= 0.3 is 0 Å². The first-order valence-corrected chi connectivity index (χ1v) is 8.85. The van der Waals surface area contributed by atoms with Crippen molar-refractivity contribution in [2.75, 3.05) is 0 Å². The highest BCUT2D eigenvalue weighted by Crippen LogP contribution is 2.18. The molecule has 1 amide bonds. The summed E-state index contributed by atoms with van der Waals surface area (Å²) in [5.41, 5.74) is 0. The highest BCUT2D eigenvalue weighted by Gasteiger charge is 2.14. The Kier molecular flexibility index (Phi) is 5.17. The van der Waals surface area contributed by atoms with E-state index in [1.54, 1.807) is 48.5 Å². The second-order valence-corrected chi connectivity index (χ2v) is 6.86. The molecule has 1 N–H and O–H groups in total. The highest BCUT2D eigenvalue weighted by molar-refractivity contribution is 7.84. The predicted molar refractivity (Wildman–Crippen MR) is 90.2 cm³/mol. The number of amides is 1. The Balaban J connectivity index is 1.60. The van der Waals surface area contributed by atoms with Gasteiger partial charge in [-0.1, -0.05) is 17.7 Å². The second-order valence-electron chi connectivity index (χ2n) is 4.98. The van der Waals surface area contributed by atoms with Crippen LogP contribution in [0.25, 0.3) is 0 Å². The molecule has 124 valence electrons. The van der Waals surface area contributed by atoms with Gasteiger partial charge in [-0.05, 0) is 42.5 Å². The van der Waals surface area contributed by atoms with E-state index in [1.807, 2.05) is 0 Å². The Morgan fingerprint density at radius 1 is 1.12 bits per heavy atom. The number of furan rings is 2. The Morgan fingerprint density at radius 3 is 2.75 bits per heavy atom. The van der Waals surface area contributed by atoms with Gasteiger partial charge in [-0.3, -0.25) is 9.00 Å². The zero-order valence-electron chi connectivity index (χ0n) is 12.5. The fourth-order valence-electron chi connectivity index (χ4n) is 2.07. The van der Waals surface area contributed by atoms with E-state index in [9.17, 15) is 9.00 Å². The fourth-order valence-corrected chi connectivity index (χ4v) is 3.39. The van der Waals surface area contributed by atoms with Crippen LogP contribution in [0.4, 0.5) is 0 Å². The fraction of sp³-hybridized carbons (Fsp3) is 0.118. The quantitative estimate of drug-likeness (QED) is 0.723. The number of carbonyl (C=O) groups is 1. The molecule has 0 saturated carbocycles. The molecule has 0 unspecified atom stereocenters. The molecule has 24 heavy (non-hydrogen) atoms. The molecule has 3 aromatic rings. The Bertz CT molecular complexity index is 857. The molecule has 2 heterocycles. The van der Waals surface area contributed by atoms with Crippen LogP contribution in [-0.2, 0) is 23.1 Å². The zero-order valence-corrected chi connectivity index (χ0v) is 14.1. The summed E-state index contributed by atoms with van der Waals surface area (Å²) in [5, 5.41) is 3.21. The summed E-state index contributed by atoms with van der Waals surface area (Å²) in [4.78, 5) is 12.6. The monoisotopic (exact) mass is 363 g/mol. The molecule has 0 bridgehead atoms. The summed E-state index contributed by atoms with van der Waals surface area (Å²) >= 11 is 5.90. The molecule has 5 nitrogen and oxygen atoms in total. The van der Waals surface area contributed by atoms with Crippen LogP contribution >= 0.6 is 11.6 Å². The lowest BCUT2D eigenvalue weighted by Crippen LogP contribution is -2.21. The topological polar surface area (TPSA) is 72.5 Å². The first-order chi connectivity index (χ1) is 11.6. The van der Waals surface area contributed by atoms with Gasteiger partial charge in [-0.15, -0.1) is 0 Å². The van der Waals surface area contributed by atoms with Crippen molar-refractivity contribution in [3.63, 3.8) is 0 Å². The summed E-state index contributed by atoms with van der Waals surface area (Å²) in [5.74, 6) is 1.10. The number of hydrogen-bond acceptors (Lipinski definition) is 4. The maximum absolute atomic E-state index is 12.3. The van der Waals surface area contributed by atoms with E-state index < -0.39 is 10.8 Å². The average molecular weight is 364 g/mol. The number of hydrogen-bond donors (Lipinski definition) is 1. The van der Waals surface area contributed by atoms with E-state index in [0.717, 1.165) is 0 Å². The zero-order chi connectivity index (χ0) is 16.9. The normalized spacial score (nSPS) is 12.0. The molecule has 1 aromatic carbocycles. The van der Waals surface area contributed by atoms with Crippen LogP contribution in [0.15, 0.2) is 68.5 Å². The van der Waals surface area contributed by atoms with Crippen LogP contribution in [0.3, 0.4) is 0 Å². The van der Waals surface area contributed by atoms with Gasteiger partial charge in [-0.2, -0.15) is 0 Å². The van der Waals surface area contributed by atoms with E-state index in [4.69, 9.17) is 20.4 Å². The number of nitrogens with one attached hydrogen (secondary N) is 1. The molecule has 0 spiro atoms. The summed E-state index contributed by atoms with van der Waals surface area (Å²) in [6.07, 6.45) is 1.54. The van der Waals surface area contributed by atoms with Gasteiger partial charge in [0.2, 0.25) is 0 Å². The van der Waals surface area contributed by atoms with Crippen molar-refractivity contribution in [3.8, 4) is 0 Å².